The van der Waals surface area contributed by atoms with Crippen LogP contribution in [0, 0.1) is 5.92 Å². The van der Waals surface area contributed by atoms with E-state index in [-0.39, 0.29) is 25.2 Å². The fourth-order valence-corrected chi connectivity index (χ4v) is 2.16. The molecule has 0 saturated carbocycles. The number of amides is 1. The highest BCUT2D eigenvalue weighted by Crippen LogP contribution is 2.22. The second-order valence-electron chi connectivity index (χ2n) is 4.93. The van der Waals surface area contributed by atoms with E-state index in [0.29, 0.717) is 0 Å². The molecule has 1 aromatic rings. The minimum absolute atomic E-state index is 0.0263. The van der Waals surface area contributed by atoms with Gasteiger partial charge in [-0.05, 0) is 11.5 Å². The summed E-state index contributed by atoms with van der Waals surface area (Å²) in [5, 5.41) is 0. The van der Waals surface area contributed by atoms with E-state index < -0.39 is 12.1 Å². The Morgan fingerprint density at radius 2 is 2.15 bits per heavy atom. The molecule has 1 amide bonds. The molecule has 0 aromatic heterocycles. The topological polar surface area (TPSA) is 55.8 Å². The van der Waals surface area contributed by atoms with Crippen LogP contribution in [0.5, 0.6) is 0 Å². The summed E-state index contributed by atoms with van der Waals surface area (Å²) < 4.78 is 10.2. The zero-order chi connectivity index (χ0) is 14.5. The first kappa shape index (κ1) is 14.4. The van der Waals surface area contributed by atoms with E-state index >= 15 is 0 Å². The van der Waals surface area contributed by atoms with Gasteiger partial charge < -0.3 is 9.47 Å². The van der Waals surface area contributed by atoms with Crippen LogP contribution in [0.25, 0.3) is 0 Å². The number of nitrogens with zero attached hydrogens (tertiary/aromatic N) is 1. The summed E-state index contributed by atoms with van der Waals surface area (Å²) in [5.74, 6) is -0.301. The van der Waals surface area contributed by atoms with Crippen LogP contribution >= 0.6 is 0 Å². The molecule has 1 aliphatic heterocycles. The molecule has 0 aliphatic carbocycles. The Balaban J connectivity index is 1.96. The summed E-state index contributed by atoms with van der Waals surface area (Å²) in [4.78, 5) is 25.1. The third-order valence-corrected chi connectivity index (χ3v) is 3.55. The summed E-state index contributed by atoms with van der Waals surface area (Å²) in [6.45, 7) is 4.07. The largest absolute Gasteiger partial charge is 0.444 e. The Morgan fingerprint density at radius 1 is 1.45 bits per heavy atom. The van der Waals surface area contributed by atoms with Crippen LogP contribution in [0.1, 0.15) is 25.8 Å². The van der Waals surface area contributed by atoms with Gasteiger partial charge in [0.25, 0.3) is 0 Å². The first-order valence-electron chi connectivity index (χ1n) is 6.77. The van der Waals surface area contributed by atoms with Gasteiger partial charge in [-0.2, -0.15) is 0 Å². The lowest BCUT2D eigenvalue weighted by molar-refractivity contribution is -0.140. The van der Waals surface area contributed by atoms with Crippen molar-refractivity contribution in [2.75, 3.05) is 6.73 Å². The van der Waals surface area contributed by atoms with Gasteiger partial charge in [0.15, 0.2) is 6.73 Å². The van der Waals surface area contributed by atoms with Crippen LogP contribution in [-0.2, 0) is 20.9 Å². The molecule has 0 radical (unpaired) electrons. The summed E-state index contributed by atoms with van der Waals surface area (Å²) >= 11 is 0. The lowest BCUT2D eigenvalue weighted by atomic mass is 9.99. The van der Waals surface area contributed by atoms with Crippen LogP contribution in [0.4, 0.5) is 4.79 Å². The second-order valence-corrected chi connectivity index (χ2v) is 4.93. The maximum Gasteiger partial charge on any atom is 0.413 e. The first-order valence-corrected chi connectivity index (χ1v) is 6.77. The van der Waals surface area contributed by atoms with Gasteiger partial charge in [-0.25, -0.2) is 9.59 Å². The standard InChI is InChI=1S/C15H19NO4/c1-3-11(2)13-14(17)20-10-16(13)15(18)19-9-12-7-5-4-6-8-12/h4-8,11,13H,3,9-10H2,1-2H3/t11?,13-/m0/s1. The van der Waals surface area contributed by atoms with Crippen LogP contribution in [0.15, 0.2) is 30.3 Å². The third-order valence-electron chi connectivity index (χ3n) is 3.55. The number of ether oxygens (including phenoxy) is 2. The van der Waals surface area contributed by atoms with Crippen LogP contribution < -0.4 is 0 Å². The second kappa shape index (κ2) is 6.41. The van der Waals surface area contributed by atoms with E-state index in [1.54, 1.807) is 0 Å². The van der Waals surface area contributed by atoms with Gasteiger partial charge >= 0.3 is 12.1 Å². The Labute approximate surface area is 118 Å². The molecule has 0 bridgehead atoms. The van der Waals surface area contributed by atoms with Crippen molar-refractivity contribution in [3.05, 3.63) is 35.9 Å². The average molecular weight is 277 g/mol. The van der Waals surface area contributed by atoms with Crippen molar-refractivity contribution in [2.24, 2.45) is 5.92 Å². The first-order chi connectivity index (χ1) is 9.63. The highest BCUT2D eigenvalue weighted by molar-refractivity contribution is 5.84. The Bertz CT molecular complexity index is 474. The van der Waals surface area contributed by atoms with Gasteiger partial charge in [-0.1, -0.05) is 50.6 Å². The number of benzene rings is 1. The molecule has 0 spiro atoms. The Kier molecular flexibility index (Phi) is 4.61. The number of carbonyl (C=O) groups excluding carboxylic acids is 2. The Hall–Kier alpha value is -2.04. The van der Waals surface area contributed by atoms with E-state index in [2.05, 4.69) is 0 Å². The molecule has 2 atom stereocenters. The zero-order valence-corrected chi connectivity index (χ0v) is 11.7. The third kappa shape index (κ3) is 3.10. The Morgan fingerprint density at radius 3 is 2.80 bits per heavy atom. The maximum atomic E-state index is 12.1. The number of cyclic esters (lactones) is 1. The van der Waals surface area contributed by atoms with Crippen molar-refractivity contribution in [3.63, 3.8) is 0 Å². The van der Waals surface area contributed by atoms with Gasteiger partial charge in [0.1, 0.15) is 12.6 Å². The summed E-state index contributed by atoms with van der Waals surface area (Å²) in [7, 11) is 0. The van der Waals surface area contributed by atoms with Crippen molar-refractivity contribution in [1.82, 2.24) is 4.90 Å². The van der Waals surface area contributed by atoms with Crippen molar-refractivity contribution >= 4 is 12.1 Å². The van der Waals surface area contributed by atoms with Gasteiger partial charge in [-0.15, -0.1) is 0 Å². The van der Waals surface area contributed by atoms with Gasteiger partial charge in [0, 0.05) is 0 Å². The van der Waals surface area contributed by atoms with Crippen LogP contribution in [0.3, 0.4) is 0 Å². The lowest BCUT2D eigenvalue weighted by Crippen LogP contribution is -2.42. The molecule has 1 heterocycles. The van der Waals surface area contributed by atoms with E-state index in [1.165, 1.54) is 4.90 Å². The maximum absolute atomic E-state index is 12.1. The van der Waals surface area contributed by atoms with E-state index in [0.717, 1.165) is 12.0 Å². The molecule has 20 heavy (non-hydrogen) atoms. The normalized spacial score (nSPS) is 19.6. The molecule has 108 valence electrons. The molecule has 1 unspecified atom stereocenters. The summed E-state index contributed by atoms with van der Waals surface area (Å²) in [6, 6.07) is 8.89. The smallest absolute Gasteiger partial charge is 0.413 e. The molecule has 5 nitrogen and oxygen atoms in total. The van der Waals surface area contributed by atoms with E-state index in [9.17, 15) is 9.59 Å². The van der Waals surface area contributed by atoms with Crippen LogP contribution in [0.2, 0.25) is 0 Å². The molecule has 5 heteroatoms. The fraction of sp³-hybridized carbons (Fsp3) is 0.467. The fourth-order valence-electron chi connectivity index (χ4n) is 2.16. The highest BCUT2D eigenvalue weighted by atomic mass is 16.6. The van der Waals surface area contributed by atoms with Crippen molar-refractivity contribution in [1.29, 1.82) is 0 Å². The SMILES string of the molecule is CCC(C)[C@H]1C(=O)OCN1C(=O)OCc1ccccc1. The highest BCUT2D eigenvalue weighted by Gasteiger charge is 2.41. The summed E-state index contributed by atoms with van der Waals surface area (Å²) in [6.07, 6.45) is 0.285. The molecule has 1 aromatic carbocycles. The van der Waals surface area contributed by atoms with E-state index in [4.69, 9.17) is 9.47 Å². The van der Waals surface area contributed by atoms with E-state index in [1.807, 2.05) is 44.2 Å². The number of esters is 1. The van der Waals surface area contributed by atoms with Crippen molar-refractivity contribution in [2.45, 2.75) is 32.9 Å². The average Bonchev–Trinajstić information content (AvgIpc) is 2.87. The van der Waals surface area contributed by atoms with Gasteiger partial charge in [0.2, 0.25) is 0 Å². The molecule has 1 saturated heterocycles. The molecule has 0 N–H and O–H groups in total. The molecular formula is C15H19NO4. The zero-order valence-electron chi connectivity index (χ0n) is 11.7. The van der Waals surface area contributed by atoms with Crippen LogP contribution in [-0.4, -0.2) is 29.7 Å². The van der Waals surface area contributed by atoms with Gasteiger partial charge in [0.05, 0.1) is 0 Å². The summed E-state index contributed by atoms with van der Waals surface area (Å²) in [5.41, 5.74) is 0.910. The predicted molar refractivity (Wildman–Crippen MR) is 72.7 cm³/mol. The molecular weight excluding hydrogens is 258 g/mol. The quantitative estimate of drug-likeness (QED) is 0.794. The minimum atomic E-state index is -0.539. The molecule has 1 fully saturated rings. The molecule has 2 rings (SSSR count). The predicted octanol–water partition coefficient (Wildman–Crippen LogP) is 2.55. The number of carbonyl (C=O) groups is 2. The van der Waals surface area contributed by atoms with Gasteiger partial charge in [-0.3, -0.25) is 4.90 Å². The number of hydrogen-bond donors (Lipinski definition) is 0. The van der Waals surface area contributed by atoms with Crippen molar-refractivity contribution < 1.29 is 19.1 Å². The minimum Gasteiger partial charge on any atom is -0.444 e. The lowest BCUT2D eigenvalue weighted by Gasteiger charge is -2.23. The molecule has 1 aliphatic rings. The van der Waals surface area contributed by atoms with Crippen molar-refractivity contribution in [3.8, 4) is 0 Å². The monoisotopic (exact) mass is 277 g/mol. The number of hydrogen-bond acceptors (Lipinski definition) is 4. The number of rotatable bonds is 4.